The summed E-state index contributed by atoms with van der Waals surface area (Å²) < 4.78 is 0.877. The second-order valence-corrected chi connectivity index (χ2v) is 8.01. The maximum atomic E-state index is 12.1. The van der Waals surface area contributed by atoms with Crippen molar-refractivity contribution in [3.8, 4) is 0 Å². The van der Waals surface area contributed by atoms with Crippen LogP contribution in [0, 0.1) is 0 Å². The molecule has 6 heteroatoms. The molecule has 0 bridgehead atoms. The highest BCUT2D eigenvalue weighted by atomic mass is 79.9. The molecule has 118 valence electrons. The summed E-state index contributed by atoms with van der Waals surface area (Å²) in [7, 11) is 0. The number of hydrogen-bond donors (Lipinski definition) is 2. The Kier molecular flexibility index (Phi) is 5.27. The van der Waals surface area contributed by atoms with E-state index in [0.29, 0.717) is 12.1 Å². The van der Waals surface area contributed by atoms with E-state index in [2.05, 4.69) is 21.2 Å². The Bertz CT molecular complexity index is 799. The van der Waals surface area contributed by atoms with Crippen molar-refractivity contribution in [2.45, 2.75) is 12.6 Å². The van der Waals surface area contributed by atoms with Gasteiger partial charge in [0.15, 0.2) is 0 Å². The first-order chi connectivity index (χ1) is 11.1. The molecule has 0 saturated carbocycles. The first kappa shape index (κ1) is 16.4. The lowest BCUT2D eigenvalue weighted by molar-refractivity contribution is 0.0951. The normalized spacial score (nSPS) is 12.1. The molecule has 2 N–H and O–H groups in total. The largest absolute Gasteiger partial charge is 0.382 e. The van der Waals surface area contributed by atoms with E-state index in [1.807, 2.05) is 41.8 Å². The third kappa shape index (κ3) is 4.09. The van der Waals surface area contributed by atoms with Crippen molar-refractivity contribution in [2.75, 3.05) is 0 Å². The zero-order chi connectivity index (χ0) is 16.2. The van der Waals surface area contributed by atoms with Gasteiger partial charge in [0.2, 0.25) is 0 Å². The van der Waals surface area contributed by atoms with Gasteiger partial charge in [-0.25, -0.2) is 0 Å². The van der Waals surface area contributed by atoms with Crippen LogP contribution in [0.3, 0.4) is 0 Å². The van der Waals surface area contributed by atoms with E-state index in [-0.39, 0.29) is 5.91 Å². The lowest BCUT2D eigenvalue weighted by Crippen LogP contribution is -2.22. The fourth-order valence-corrected chi connectivity index (χ4v) is 4.28. The van der Waals surface area contributed by atoms with Crippen LogP contribution in [0.15, 0.2) is 58.4 Å². The lowest BCUT2D eigenvalue weighted by Gasteiger charge is -2.06. The van der Waals surface area contributed by atoms with Crippen LogP contribution in [0.4, 0.5) is 0 Å². The van der Waals surface area contributed by atoms with Crippen molar-refractivity contribution >= 4 is 44.5 Å². The molecule has 1 amide bonds. The molecule has 3 aromatic rings. The summed E-state index contributed by atoms with van der Waals surface area (Å²) in [6, 6.07) is 15.0. The van der Waals surface area contributed by atoms with Gasteiger partial charge in [-0.3, -0.25) is 4.79 Å². The Morgan fingerprint density at radius 1 is 1.17 bits per heavy atom. The fraction of sp³-hybridized carbons (Fsp3) is 0.118. The van der Waals surface area contributed by atoms with Crippen LogP contribution in [0.25, 0.3) is 0 Å². The van der Waals surface area contributed by atoms with E-state index < -0.39 is 6.10 Å². The van der Waals surface area contributed by atoms with Crippen molar-refractivity contribution in [1.29, 1.82) is 0 Å². The fourth-order valence-electron chi connectivity index (χ4n) is 2.12. The monoisotopic (exact) mass is 407 g/mol. The first-order valence-corrected chi connectivity index (χ1v) is 9.46. The van der Waals surface area contributed by atoms with Crippen molar-refractivity contribution < 1.29 is 9.90 Å². The minimum absolute atomic E-state index is 0.111. The van der Waals surface area contributed by atoms with Crippen LogP contribution < -0.4 is 5.32 Å². The highest BCUT2D eigenvalue weighted by Gasteiger charge is 2.14. The third-order valence-corrected chi connectivity index (χ3v) is 5.83. The second-order valence-electron chi connectivity index (χ2n) is 4.92. The van der Waals surface area contributed by atoms with E-state index in [1.165, 1.54) is 22.7 Å². The van der Waals surface area contributed by atoms with Gasteiger partial charge in [0, 0.05) is 24.7 Å². The van der Waals surface area contributed by atoms with E-state index in [1.54, 1.807) is 12.1 Å². The molecule has 3 rings (SSSR count). The van der Waals surface area contributed by atoms with Crippen molar-refractivity contribution in [3.05, 3.63) is 78.6 Å². The maximum Gasteiger partial charge on any atom is 0.251 e. The van der Waals surface area contributed by atoms with Gasteiger partial charge in [-0.05, 0) is 41.8 Å². The number of thiophene rings is 2. The highest BCUT2D eigenvalue weighted by Crippen LogP contribution is 2.30. The number of aliphatic hydroxyl groups excluding tert-OH is 1. The first-order valence-electron chi connectivity index (χ1n) is 6.97. The van der Waals surface area contributed by atoms with Crippen molar-refractivity contribution in [1.82, 2.24) is 5.32 Å². The molecule has 0 aliphatic rings. The molecule has 2 aromatic heterocycles. The number of amides is 1. The smallest absolute Gasteiger partial charge is 0.251 e. The number of aliphatic hydroxyl groups is 1. The van der Waals surface area contributed by atoms with Crippen LogP contribution >= 0.6 is 38.6 Å². The quantitative estimate of drug-likeness (QED) is 0.649. The number of carbonyl (C=O) groups is 1. The minimum atomic E-state index is -0.588. The highest BCUT2D eigenvalue weighted by molar-refractivity contribution is 9.10. The van der Waals surface area contributed by atoms with Crippen molar-refractivity contribution in [2.24, 2.45) is 0 Å². The number of halogens is 1. The Hall–Kier alpha value is -1.47. The average Bonchev–Trinajstić information content (AvgIpc) is 3.23. The van der Waals surface area contributed by atoms with Crippen LogP contribution in [-0.2, 0) is 6.54 Å². The predicted octanol–water partition coefficient (Wildman–Crippen LogP) is 4.58. The average molecular weight is 408 g/mol. The molecule has 0 saturated heterocycles. The van der Waals surface area contributed by atoms with Gasteiger partial charge in [-0.2, -0.15) is 0 Å². The van der Waals surface area contributed by atoms with Gasteiger partial charge in [-0.1, -0.05) is 28.1 Å². The Morgan fingerprint density at radius 3 is 2.78 bits per heavy atom. The van der Waals surface area contributed by atoms with Crippen LogP contribution in [0.2, 0.25) is 0 Å². The molecule has 23 heavy (non-hydrogen) atoms. The van der Waals surface area contributed by atoms with Crippen LogP contribution in [0.5, 0.6) is 0 Å². The number of nitrogens with one attached hydrogen (secondary N) is 1. The van der Waals surface area contributed by atoms with Crippen LogP contribution in [-0.4, -0.2) is 11.0 Å². The summed E-state index contributed by atoms with van der Waals surface area (Å²) in [5, 5.41) is 15.2. The Balaban J connectivity index is 1.62. The van der Waals surface area contributed by atoms with Crippen LogP contribution in [0.1, 0.15) is 31.1 Å². The molecule has 1 unspecified atom stereocenters. The number of hydrogen-bond acceptors (Lipinski definition) is 4. The van der Waals surface area contributed by atoms with E-state index in [4.69, 9.17) is 0 Å². The molecule has 2 heterocycles. The molecule has 0 fully saturated rings. The van der Waals surface area contributed by atoms with Gasteiger partial charge >= 0.3 is 0 Å². The predicted molar refractivity (Wildman–Crippen MR) is 98.0 cm³/mol. The summed E-state index contributed by atoms with van der Waals surface area (Å²) in [5.74, 6) is -0.111. The zero-order valence-electron chi connectivity index (χ0n) is 12.0. The molecule has 0 aliphatic heterocycles. The standard InChI is InChI=1S/C17H14BrNO2S2/c18-12-4-1-3-11(9-12)17(21)19-10-13-6-7-15(23-13)16(20)14-5-2-8-22-14/h1-9,16,20H,10H2,(H,19,21). The number of rotatable bonds is 5. The van der Waals surface area contributed by atoms with Gasteiger partial charge < -0.3 is 10.4 Å². The lowest BCUT2D eigenvalue weighted by atomic mass is 10.2. The number of benzene rings is 1. The molecular formula is C17H14BrNO2S2. The zero-order valence-corrected chi connectivity index (χ0v) is 15.2. The summed E-state index contributed by atoms with van der Waals surface area (Å²) in [5.41, 5.74) is 0.620. The van der Waals surface area contributed by atoms with Gasteiger partial charge in [0.1, 0.15) is 6.10 Å². The van der Waals surface area contributed by atoms with E-state index in [9.17, 15) is 9.90 Å². The molecule has 0 spiro atoms. The van der Waals surface area contributed by atoms with E-state index in [0.717, 1.165) is 19.1 Å². The molecule has 3 nitrogen and oxygen atoms in total. The molecule has 0 aliphatic carbocycles. The van der Waals surface area contributed by atoms with E-state index >= 15 is 0 Å². The number of carbonyl (C=O) groups excluding carboxylic acids is 1. The topological polar surface area (TPSA) is 49.3 Å². The second kappa shape index (κ2) is 7.40. The van der Waals surface area contributed by atoms with Gasteiger partial charge in [0.05, 0.1) is 6.54 Å². The summed E-state index contributed by atoms with van der Waals surface area (Å²) in [6.07, 6.45) is -0.588. The third-order valence-electron chi connectivity index (χ3n) is 3.27. The van der Waals surface area contributed by atoms with Gasteiger partial charge in [0.25, 0.3) is 5.91 Å². The molecule has 1 aromatic carbocycles. The minimum Gasteiger partial charge on any atom is -0.382 e. The summed E-state index contributed by atoms with van der Waals surface area (Å²) >= 11 is 6.41. The molecule has 1 atom stereocenters. The molecule has 0 radical (unpaired) electrons. The summed E-state index contributed by atoms with van der Waals surface area (Å²) in [4.78, 5) is 15.0. The van der Waals surface area contributed by atoms with Gasteiger partial charge in [-0.15, -0.1) is 22.7 Å². The molecular weight excluding hydrogens is 394 g/mol. The Labute approximate surface area is 150 Å². The summed E-state index contributed by atoms with van der Waals surface area (Å²) in [6.45, 7) is 0.452. The SMILES string of the molecule is O=C(NCc1ccc(C(O)c2cccs2)s1)c1cccc(Br)c1. The Morgan fingerprint density at radius 2 is 2.04 bits per heavy atom. The maximum absolute atomic E-state index is 12.1. The van der Waals surface area contributed by atoms with Crippen molar-refractivity contribution in [3.63, 3.8) is 0 Å².